The molecule has 0 saturated heterocycles. The van der Waals surface area contributed by atoms with Crippen LogP contribution in [0.25, 0.3) is 0 Å². The van der Waals surface area contributed by atoms with E-state index in [2.05, 4.69) is 12.1 Å². The van der Waals surface area contributed by atoms with Gasteiger partial charge in [-0.25, -0.2) is 0 Å². The SMILES string of the molecule is COc1ccc(CCC(C)(C)O)cc1C. The van der Waals surface area contributed by atoms with Gasteiger partial charge in [0, 0.05) is 0 Å². The molecular weight excluding hydrogens is 188 g/mol. The van der Waals surface area contributed by atoms with Gasteiger partial charge in [-0.1, -0.05) is 12.1 Å². The van der Waals surface area contributed by atoms with Crippen molar-refractivity contribution in [3.05, 3.63) is 29.3 Å². The minimum atomic E-state index is -0.589. The summed E-state index contributed by atoms with van der Waals surface area (Å²) in [5, 5.41) is 9.62. The van der Waals surface area contributed by atoms with Crippen LogP contribution in [0.4, 0.5) is 0 Å². The molecule has 2 nitrogen and oxygen atoms in total. The van der Waals surface area contributed by atoms with E-state index in [-0.39, 0.29) is 0 Å². The molecule has 15 heavy (non-hydrogen) atoms. The first-order chi connectivity index (χ1) is 6.92. The fourth-order valence-corrected chi connectivity index (χ4v) is 1.55. The van der Waals surface area contributed by atoms with Crippen LogP contribution in [-0.4, -0.2) is 17.8 Å². The second-order valence-corrected chi connectivity index (χ2v) is 4.62. The van der Waals surface area contributed by atoms with Crippen molar-refractivity contribution >= 4 is 0 Å². The van der Waals surface area contributed by atoms with Crippen molar-refractivity contribution in [2.75, 3.05) is 7.11 Å². The molecule has 0 amide bonds. The molecule has 1 N–H and O–H groups in total. The first kappa shape index (κ1) is 12.1. The predicted octanol–water partition coefficient (Wildman–Crippen LogP) is 2.71. The van der Waals surface area contributed by atoms with Crippen LogP contribution in [-0.2, 0) is 6.42 Å². The number of aryl methyl sites for hydroxylation is 2. The zero-order valence-corrected chi connectivity index (χ0v) is 10.0. The predicted molar refractivity (Wildman–Crippen MR) is 62.3 cm³/mol. The van der Waals surface area contributed by atoms with Crippen LogP contribution < -0.4 is 4.74 Å². The monoisotopic (exact) mass is 208 g/mol. The van der Waals surface area contributed by atoms with Crippen LogP contribution in [0.5, 0.6) is 5.75 Å². The van der Waals surface area contributed by atoms with Crippen molar-refractivity contribution in [2.24, 2.45) is 0 Å². The maximum absolute atomic E-state index is 9.62. The standard InChI is InChI=1S/C13H20O2/c1-10-9-11(5-6-12(10)15-4)7-8-13(2,3)14/h5-6,9,14H,7-8H2,1-4H3. The highest BCUT2D eigenvalue weighted by Gasteiger charge is 2.12. The largest absolute Gasteiger partial charge is 0.496 e. The number of methoxy groups -OCH3 is 1. The number of benzene rings is 1. The molecular formula is C13H20O2. The fourth-order valence-electron chi connectivity index (χ4n) is 1.55. The smallest absolute Gasteiger partial charge is 0.121 e. The first-order valence-electron chi connectivity index (χ1n) is 5.28. The third-order valence-electron chi connectivity index (χ3n) is 2.48. The summed E-state index contributed by atoms with van der Waals surface area (Å²) in [6.07, 6.45) is 1.67. The number of hydrogen-bond donors (Lipinski definition) is 1. The van der Waals surface area contributed by atoms with Crippen LogP contribution >= 0.6 is 0 Å². The van der Waals surface area contributed by atoms with E-state index in [9.17, 15) is 5.11 Å². The highest BCUT2D eigenvalue weighted by Crippen LogP contribution is 2.20. The Morgan fingerprint density at radius 2 is 2.00 bits per heavy atom. The molecule has 2 heteroatoms. The molecule has 1 aromatic carbocycles. The van der Waals surface area contributed by atoms with Gasteiger partial charge in [0.25, 0.3) is 0 Å². The zero-order valence-electron chi connectivity index (χ0n) is 10.0. The molecule has 84 valence electrons. The van der Waals surface area contributed by atoms with E-state index in [0.717, 1.165) is 24.2 Å². The highest BCUT2D eigenvalue weighted by atomic mass is 16.5. The molecule has 0 unspecified atom stereocenters. The lowest BCUT2D eigenvalue weighted by molar-refractivity contribution is 0.0714. The van der Waals surface area contributed by atoms with E-state index in [1.54, 1.807) is 7.11 Å². The maximum atomic E-state index is 9.62. The summed E-state index contributed by atoms with van der Waals surface area (Å²) < 4.78 is 5.20. The summed E-state index contributed by atoms with van der Waals surface area (Å²) in [5.74, 6) is 0.919. The van der Waals surface area contributed by atoms with E-state index >= 15 is 0 Å². The van der Waals surface area contributed by atoms with Crippen molar-refractivity contribution in [2.45, 2.75) is 39.2 Å². The van der Waals surface area contributed by atoms with E-state index in [1.807, 2.05) is 26.8 Å². The van der Waals surface area contributed by atoms with Gasteiger partial charge >= 0.3 is 0 Å². The summed E-state index contributed by atoms with van der Waals surface area (Å²) in [7, 11) is 1.68. The molecule has 0 bridgehead atoms. The van der Waals surface area contributed by atoms with Gasteiger partial charge in [0.15, 0.2) is 0 Å². The molecule has 1 aromatic rings. The molecule has 0 aromatic heterocycles. The van der Waals surface area contributed by atoms with Gasteiger partial charge in [-0.05, 0) is 50.8 Å². The average molecular weight is 208 g/mol. The second-order valence-electron chi connectivity index (χ2n) is 4.62. The van der Waals surface area contributed by atoms with Crippen molar-refractivity contribution < 1.29 is 9.84 Å². The molecule has 0 aliphatic carbocycles. The van der Waals surface area contributed by atoms with Gasteiger partial charge in [-0.3, -0.25) is 0 Å². The van der Waals surface area contributed by atoms with Gasteiger partial charge in [-0.15, -0.1) is 0 Å². The number of ether oxygens (including phenoxy) is 1. The first-order valence-corrected chi connectivity index (χ1v) is 5.28. The van der Waals surface area contributed by atoms with E-state index < -0.39 is 5.60 Å². The normalized spacial score (nSPS) is 11.5. The van der Waals surface area contributed by atoms with Crippen molar-refractivity contribution in [1.82, 2.24) is 0 Å². The minimum absolute atomic E-state index is 0.589. The second kappa shape index (κ2) is 4.67. The fraction of sp³-hybridized carbons (Fsp3) is 0.538. The third-order valence-corrected chi connectivity index (χ3v) is 2.48. The third kappa shape index (κ3) is 3.92. The zero-order chi connectivity index (χ0) is 11.5. The van der Waals surface area contributed by atoms with Gasteiger partial charge in [-0.2, -0.15) is 0 Å². The Hall–Kier alpha value is -1.02. The van der Waals surface area contributed by atoms with Crippen LogP contribution in [0, 0.1) is 6.92 Å². The van der Waals surface area contributed by atoms with Gasteiger partial charge in [0.2, 0.25) is 0 Å². The van der Waals surface area contributed by atoms with E-state index in [1.165, 1.54) is 5.56 Å². The molecule has 0 aliphatic rings. The molecule has 0 atom stereocenters. The van der Waals surface area contributed by atoms with Crippen LogP contribution in [0.3, 0.4) is 0 Å². The molecule has 0 fully saturated rings. The molecule has 0 saturated carbocycles. The van der Waals surface area contributed by atoms with Gasteiger partial charge in [0.1, 0.15) is 5.75 Å². The Bertz CT molecular complexity index is 324. The Morgan fingerprint density at radius 3 is 2.47 bits per heavy atom. The van der Waals surface area contributed by atoms with Crippen LogP contribution in [0.1, 0.15) is 31.4 Å². The van der Waals surface area contributed by atoms with E-state index in [0.29, 0.717) is 0 Å². The highest BCUT2D eigenvalue weighted by molar-refractivity contribution is 5.36. The molecule has 0 radical (unpaired) electrons. The van der Waals surface area contributed by atoms with Crippen molar-refractivity contribution in [3.8, 4) is 5.75 Å². The summed E-state index contributed by atoms with van der Waals surface area (Å²) in [6, 6.07) is 6.15. The lowest BCUT2D eigenvalue weighted by Gasteiger charge is -2.17. The summed E-state index contributed by atoms with van der Waals surface area (Å²) in [5.41, 5.74) is 1.80. The van der Waals surface area contributed by atoms with Crippen molar-refractivity contribution in [1.29, 1.82) is 0 Å². The lowest BCUT2D eigenvalue weighted by atomic mass is 9.98. The Morgan fingerprint density at radius 1 is 1.33 bits per heavy atom. The molecule has 0 heterocycles. The quantitative estimate of drug-likeness (QED) is 0.824. The van der Waals surface area contributed by atoms with Crippen LogP contribution in [0.15, 0.2) is 18.2 Å². The van der Waals surface area contributed by atoms with Crippen LogP contribution in [0.2, 0.25) is 0 Å². The number of aliphatic hydroxyl groups is 1. The summed E-state index contributed by atoms with van der Waals surface area (Å²) >= 11 is 0. The van der Waals surface area contributed by atoms with Gasteiger partial charge in [0.05, 0.1) is 12.7 Å². The topological polar surface area (TPSA) is 29.5 Å². The average Bonchev–Trinajstić information content (AvgIpc) is 2.14. The van der Waals surface area contributed by atoms with E-state index in [4.69, 9.17) is 4.74 Å². The Labute approximate surface area is 91.9 Å². The van der Waals surface area contributed by atoms with Gasteiger partial charge < -0.3 is 9.84 Å². The molecule has 1 rings (SSSR count). The summed E-state index contributed by atoms with van der Waals surface area (Å²) in [6.45, 7) is 5.71. The summed E-state index contributed by atoms with van der Waals surface area (Å²) in [4.78, 5) is 0. The van der Waals surface area contributed by atoms with Crippen molar-refractivity contribution in [3.63, 3.8) is 0 Å². The Kier molecular flexibility index (Phi) is 3.75. The molecule has 0 aliphatic heterocycles. The Balaban J connectivity index is 2.68. The maximum Gasteiger partial charge on any atom is 0.121 e. The minimum Gasteiger partial charge on any atom is -0.496 e. The molecule has 0 spiro atoms. The number of hydrogen-bond acceptors (Lipinski definition) is 2. The number of rotatable bonds is 4. The lowest BCUT2D eigenvalue weighted by Crippen LogP contribution is -2.19.